The molecule has 0 atom stereocenters. The van der Waals surface area contributed by atoms with Crippen LogP contribution in [0.1, 0.15) is 0 Å². The van der Waals surface area contributed by atoms with E-state index < -0.39 is 0 Å². The summed E-state index contributed by atoms with van der Waals surface area (Å²) in [6, 6.07) is 39.7. The summed E-state index contributed by atoms with van der Waals surface area (Å²) in [5.74, 6) is 0.735. The summed E-state index contributed by atoms with van der Waals surface area (Å²) in [5, 5.41) is 4.47. The first kappa shape index (κ1) is 20.0. The van der Waals surface area contributed by atoms with Crippen molar-refractivity contribution in [1.82, 2.24) is 15.0 Å². The van der Waals surface area contributed by atoms with Crippen LogP contribution in [-0.2, 0) is 0 Å². The van der Waals surface area contributed by atoms with Crippen LogP contribution in [0.2, 0.25) is 0 Å². The first-order valence-corrected chi connectivity index (χ1v) is 12.4. The Hall–Kier alpha value is -4.41. The van der Waals surface area contributed by atoms with Gasteiger partial charge in [0.15, 0.2) is 5.82 Å². The van der Waals surface area contributed by atoms with E-state index in [9.17, 15) is 0 Å². The van der Waals surface area contributed by atoms with Gasteiger partial charge in [0.2, 0.25) is 0 Å². The second-order valence-corrected chi connectivity index (χ2v) is 9.51. The van der Waals surface area contributed by atoms with Gasteiger partial charge in [0, 0.05) is 27.5 Å². The molecule has 2 heterocycles. The van der Waals surface area contributed by atoms with Crippen LogP contribution < -0.4 is 0 Å². The summed E-state index contributed by atoms with van der Waals surface area (Å²) >= 11 is 1.74. The third-order valence-corrected chi connectivity index (χ3v) is 7.45. The molecule has 2 aromatic heterocycles. The van der Waals surface area contributed by atoms with Crippen LogP contribution in [0.5, 0.6) is 0 Å². The van der Waals surface area contributed by atoms with Gasteiger partial charge in [0.1, 0.15) is 5.01 Å². The zero-order valence-corrected chi connectivity index (χ0v) is 19.5. The number of thiazole rings is 1. The maximum Gasteiger partial charge on any atom is 0.160 e. The second-order valence-electron chi connectivity index (χ2n) is 8.51. The molecule has 0 aliphatic carbocycles. The molecule has 4 heteroatoms. The highest BCUT2D eigenvalue weighted by Crippen LogP contribution is 2.36. The zero-order valence-electron chi connectivity index (χ0n) is 18.7. The molecule has 0 fully saturated rings. The predicted molar refractivity (Wildman–Crippen MR) is 147 cm³/mol. The van der Waals surface area contributed by atoms with Crippen molar-refractivity contribution in [3.8, 4) is 33.2 Å². The number of benzene rings is 5. The smallest absolute Gasteiger partial charge is 0.160 e. The molecule has 0 bridgehead atoms. The third-order valence-electron chi connectivity index (χ3n) is 6.30. The quantitative estimate of drug-likeness (QED) is 0.263. The minimum Gasteiger partial charge on any atom is -0.236 e. The molecule has 0 amide bonds. The topological polar surface area (TPSA) is 38.7 Å². The van der Waals surface area contributed by atoms with E-state index in [1.165, 1.54) is 10.1 Å². The Bertz CT molecular complexity index is 1840. The van der Waals surface area contributed by atoms with Gasteiger partial charge in [-0.05, 0) is 23.6 Å². The van der Waals surface area contributed by atoms with Gasteiger partial charge < -0.3 is 0 Å². The zero-order chi connectivity index (χ0) is 23.2. The Morgan fingerprint density at radius 2 is 1.23 bits per heavy atom. The molecule has 0 unspecified atom stereocenters. The van der Waals surface area contributed by atoms with Crippen LogP contribution in [0.4, 0.5) is 0 Å². The van der Waals surface area contributed by atoms with Crippen molar-refractivity contribution < 1.29 is 0 Å². The van der Waals surface area contributed by atoms with Crippen LogP contribution in [0.15, 0.2) is 115 Å². The van der Waals surface area contributed by atoms with Gasteiger partial charge in [-0.1, -0.05) is 97.1 Å². The standard InChI is InChI=1S/C31H19N3S/c1-3-9-20(10-4-1)28-25-13-7-8-14-26(25)32-30(34-28)23-15-17-24-22(19-23)16-18-27-29(24)35-31(33-27)21-11-5-2-6-12-21/h1-19H. The molecule has 0 spiro atoms. The highest BCUT2D eigenvalue weighted by atomic mass is 32.1. The number of fused-ring (bicyclic) bond motifs is 4. The summed E-state index contributed by atoms with van der Waals surface area (Å²) in [7, 11) is 0. The van der Waals surface area contributed by atoms with Crippen molar-refractivity contribution in [1.29, 1.82) is 0 Å². The average molecular weight is 466 g/mol. The molecule has 0 saturated heterocycles. The van der Waals surface area contributed by atoms with Crippen LogP contribution in [0.25, 0.3) is 65.1 Å². The van der Waals surface area contributed by atoms with Crippen molar-refractivity contribution in [2.75, 3.05) is 0 Å². The van der Waals surface area contributed by atoms with Gasteiger partial charge in [-0.25, -0.2) is 15.0 Å². The summed E-state index contributed by atoms with van der Waals surface area (Å²) in [5.41, 5.74) is 6.18. The average Bonchev–Trinajstić information content (AvgIpc) is 3.38. The normalized spacial score (nSPS) is 11.4. The monoisotopic (exact) mass is 465 g/mol. The fourth-order valence-electron chi connectivity index (χ4n) is 4.58. The van der Waals surface area contributed by atoms with Crippen molar-refractivity contribution in [3.05, 3.63) is 115 Å². The van der Waals surface area contributed by atoms with Crippen LogP contribution in [0.3, 0.4) is 0 Å². The van der Waals surface area contributed by atoms with Crippen molar-refractivity contribution in [3.63, 3.8) is 0 Å². The van der Waals surface area contributed by atoms with Gasteiger partial charge in [0.05, 0.1) is 21.4 Å². The first-order valence-electron chi connectivity index (χ1n) is 11.5. The fraction of sp³-hybridized carbons (Fsp3) is 0. The Kier molecular flexibility index (Phi) is 4.64. The minimum absolute atomic E-state index is 0.735. The molecular formula is C31H19N3S. The van der Waals surface area contributed by atoms with E-state index >= 15 is 0 Å². The lowest BCUT2D eigenvalue weighted by molar-refractivity contribution is 1.23. The number of nitrogens with zero attached hydrogens (tertiary/aromatic N) is 3. The number of hydrogen-bond donors (Lipinski definition) is 0. The van der Waals surface area contributed by atoms with Gasteiger partial charge in [0.25, 0.3) is 0 Å². The molecule has 0 radical (unpaired) electrons. The van der Waals surface area contributed by atoms with Gasteiger partial charge >= 0.3 is 0 Å². The molecule has 0 saturated carbocycles. The molecule has 7 aromatic rings. The van der Waals surface area contributed by atoms with Crippen molar-refractivity contribution in [2.45, 2.75) is 0 Å². The van der Waals surface area contributed by atoms with E-state index in [4.69, 9.17) is 15.0 Å². The molecule has 0 aliphatic heterocycles. The van der Waals surface area contributed by atoms with E-state index in [2.05, 4.69) is 78.9 Å². The molecule has 3 nitrogen and oxygen atoms in total. The summed E-state index contributed by atoms with van der Waals surface area (Å²) < 4.78 is 1.21. The number of hydrogen-bond acceptors (Lipinski definition) is 4. The summed E-state index contributed by atoms with van der Waals surface area (Å²) in [6.45, 7) is 0. The van der Waals surface area contributed by atoms with Gasteiger partial charge in [-0.3, -0.25) is 0 Å². The Labute approximate surface area is 206 Å². The van der Waals surface area contributed by atoms with E-state index in [-0.39, 0.29) is 0 Å². The second kappa shape index (κ2) is 8.12. The van der Waals surface area contributed by atoms with E-state index in [1.807, 2.05) is 36.4 Å². The highest BCUT2D eigenvalue weighted by molar-refractivity contribution is 7.22. The molecular weight excluding hydrogens is 446 g/mol. The summed E-state index contributed by atoms with van der Waals surface area (Å²) in [6.07, 6.45) is 0. The number of rotatable bonds is 3. The summed E-state index contributed by atoms with van der Waals surface area (Å²) in [4.78, 5) is 14.8. The van der Waals surface area contributed by atoms with Crippen LogP contribution in [0, 0.1) is 0 Å². The Morgan fingerprint density at radius 1 is 0.486 bits per heavy atom. The van der Waals surface area contributed by atoms with Crippen molar-refractivity contribution >= 4 is 43.2 Å². The van der Waals surface area contributed by atoms with Gasteiger partial charge in [-0.15, -0.1) is 11.3 Å². The number of para-hydroxylation sites is 1. The van der Waals surface area contributed by atoms with Crippen LogP contribution in [-0.4, -0.2) is 15.0 Å². The maximum atomic E-state index is 5.03. The van der Waals surface area contributed by atoms with Crippen molar-refractivity contribution in [2.24, 2.45) is 0 Å². The minimum atomic E-state index is 0.735. The lowest BCUT2D eigenvalue weighted by Gasteiger charge is -2.10. The lowest BCUT2D eigenvalue weighted by Crippen LogP contribution is -1.95. The molecule has 35 heavy (non-hydrogen) atoms. The van der Waals surface area contributed by atoms with E-state index in [0.717, 1.165) is 55.0 Å². The van der Waals surface area contributed by atoms with E-state index in [1.54, 1.807) is 11.3 Å². The Balaban J connectivity index is 1.39. The molecule has 164 valence electrons. The van der Waals surface area contributed by atoms with E-state index in [0.29, 0.717) is 0 Å². The van der Waals surface area contributed by atoms with Gasteiger partial charge in [-0.2, -0.15) is 0 Å². The fourth-order valence-corrected chi connectivity index (χ4v) is 5.68. The van der Waals surface area contributed by atoms with Crippen LogP contribution >= 0.6 is 11.3 Å². The SMILES string of the molecule is c1ccc(-c2nc3ccc4cc(-c5nc(-c6ccccc6)c6ccccc6n5)ccc4c3s2)cc1. The molecule has 7 rings (SSSR count). The highest BCUT2D eigenvalue weighted by Gasteiger charge is 2.13. The predicted octanol–water partition coefficient (Wildman–Crippen LogP) is 8.39. The maximum absolute atomic E-state index is 5.03. The largest absolute Gasteiger partial charge is 0.236 e. The molecule has 0 aliphatic rings. The molecule has 0 N–H and O–H groups in total. The molecule has 5 aromatic carbocycles. The first-order chi connectivity index (χ1) is 17.3. The third kappa shape index (κ3) is 3.47. The Morgan fingerprint density at radius 3 is 2.06 bits per heavy atom. The number of aromatic nitrogens is 3. The lowest BCUT2D eigenvalue weighted by atomic mass is 10.0.